The second kappa shape index (κ2) is 87.3. The van der Waals surface area contributed by atoms with E-state index in [1.54, 1.807) is 25.7 Å². The number of ether oxygens (including phenoxy) is 4. The van der Waals surface area contributed by atoms with Gasteiger partial charge in [0, 0.05) is 68.8 Å². The number of thioether (sulfide) groups is 2. The minimum Gasteiger partial charge on any atom is -0.481 e. The number of aliphatic hydroxyl groups is 1. The van der Waals surface area contributed by atoms with Gasteiger partial charge in [0.15, 0.2) is 15.7 Å². The molecule has 0 aliphatic heterocycles. The quantitative estimate of drug-likeness (QED) is 0.0214. The molecule has 0 aromatic carbocycles. The van der Waals surface area contributed by atoms with Gasteiger partial charge in [-0.3, -0.25) is 43.2 Å². The van der Waals surface area contributed by atoms with E-state index in [4.69, 9.17) is 34.9 Å². The fourth-order valence-corrected chi connectivity index (χ4v) is 12.4. The maximum atomic E-state index is 12.4. The summed E-state index contributed by atoms with van der Waals surface area (Å²) >= 11 is 3.08. The van der Waals surface area contributed by atoms with Gasteiger partial charge in [0.25, 0.3) is 0 Å². The zero-order chi connectivity index (χ0) is 74.9. The molecule has 0 aliphatic carbocycles. The van der Waals surface area contributed by atoms with E-state index in [9.17, 15) is 61.5 Å². The van der Waals surface area contributed by atoms with Gasteiger partial charge in [-0.05, 0) is 85.6 Å². The van der Waals surface area contributed by atoms with Crippen LogP contribution in [0.1, 0.15) is 246 Å². The number of tetrazole rings is 1. The number of aliphatic hydroxyl groups excluding tert-OH is 1. The third kappa shape index (κ3) is 82.5. The summed E-state index contributed by atoms with van der Waals surface area (Å²) in [6, 6.07) is -1.99. The molecule has 1 radical (unpaired) electrons. The van der Waals surface area contributed by atoms with Crippen LogP contribution < -0.4 is 32.3 Å². The van der Waals surface area contributed by atoms with Crippen molar-refractivity contribution in [3.8, 4) is 0 Å². The van der Waals surface area contributed by atoms with E-state index in [-0.39, 0.29) is 233 Å². The fourth-order valence-electron chi connectivity index (χ4n) is 9.20. The number of hydrogen-bond acceptors (Lipinski definition) is 25. The van der Waals surface area contributed by atoms with E-state index in [1.807, 2.05) is 34.1 Å². The standard InChI is InChI=1S/C49H88N8O14S2.C8H16O2.C6H13NOS.C4H9NO2.6CH4.CH3.V/c1-40(58)44(50-2)38-72-37-41(59)21-17-15-18-23-43(49(64)65)53-48(63)36-71-33-31-69-29-27-52-47(62)35-70-32-30-68-28-26-51-46(61)25-20-34-73(66,67)39-42(60)22-16-13-11-9-7-5-3-4-6-8-10-12-14-19-24-45-54-56-57-55-45;1-4-6(3)7(5-2)8(9)10;1-5(8)6(7-2)4-9-3;1-3(7)4(5)2-6;;;;;;;;/h43-44,50H,3-39H2,1-2H3,(H,51,61)(H,52,62)(H,53,63)(H,64,65)(H,54,55,56,57);6-7H,4-5H2,1-3H3,(H,9,10);6-7H,4H2,1-3H3;4,6H,2,5H2,1H3;6*1H4;1H3;/q;;;;;;;;;;-1;/t43-,44-;6-,7-;6-;4-;;;;;;;;/m0000......../s1. The molecule has 33 heteroatoms. The number of carbonyl (C=O) groups is 10. The molecule has 0 fully saturated rings. The molecule has 3 amide bonds. The molecule has 1 heterocycles. The molecular formula is C74H153N10O19S3V-. The largest absolute Gasteiger partial charge is 0.481 e. The Bertz CT molecular complexity index is 2410. The molecule has 0 unspecified atom stereocenters. The maximum Gasteiger partial charge on any atom is 0.326 e. The van der Waals surface area contributed by atoms with E-state index in [0.717, 1.165) is 56.5 Å². The topological polar surface area (TPSA) is 443 Å². The molecule has 0 spiro atoms. The van der Waals surface area contributed by atoms with Crippen LogP contribution >= 0.6 is 23.5 Å². The molecule has 29 nitrogen and oxygen atoms in total. The van der Waals surface area contributed by atoms with Crippen LogP contribution in [0.2, 0.25) is 0 Å². The number of aryl methyl sites for hydroxylation is 1. The SMILES string of the molecule is C.C.C.C.C.C.CC(=O)[C@@H](N)CO.CC[C@H](C(=O)O)[C@@H](C)CC.CN[C@@H](CSC)C(C)=O.CN[C@@H](CSCC(=O)CCCCC[C@H](NC(=O)COCCOCCNC(=O)COCCOCCNC(=O)CCCS(=O)(=O)CC(=O)CCCCCCCCCCCCCCCCc1nn[nH]n1)C(=O)O)C(C)=O.[CH3-].[V]. The number of unbranched alkanes of at least 4 members (excludes halogenated alkanes) is 15. The molecule has 1 aromatic rings. The van der Waals surface area contributed by atoms with Crippen LogP contribution in [0.5, 0.6) is 0 Å². The van der Waals surface area contributed by atoms with E-state index in [0.29, 0.717) is 49.5 Å². The van der Waals surface area contributed by atoms with Crippen molar-refractivity contribution >= 4 is 91.9 Å². The summed E-state index contributed by atoms with van der Waals surface area (Å²) in [5, 5.41) is 53.9. The molecule has 0 saturated carbocycles. The fraction of sp³-hybridized carbons (Fsp3) is 0.838. The Morgan fingerprint density at radius 3 is 1.40 bits per heavy atom. The molecule has 107 heavy (non-hydrogen) atoms. The average molecular weight is 1630 g/mol. The van der Waals surface area contributed by atoms with Gasteiger partial charge in [0.05, 0.1) is 81.8 Å². The van der Waals surface area contributed by atoms with Crippen molar-refractivity contribution in [1.29, 1.82) is 0 Å². The van der Waals surface area contributed by atoms with Crippen molar-refractivity contribution in [3.05, 3.63) is 13.3 Å². The summed E-state index contributed by atoms with van der Waals surface area (Å²) in [6.45, 7) is 11.0. The summed E-state index contributed by atoms with van der Waals surface area (Å²) in [5.74, 6) is -1.25. The van der Waals surface area contributed by atoms with Crippen LogP contribution in [0.4, 0.5) is 0 Å². The number of carboxylic acids is 2. The smallest absolute Gasteiger partial charge is 0.326 e. The van der Waals surface area contributed by atoms with Crippen molar-refractivity contribution in [1.82, 2.24) is 47.2 Å². The molecule has 1 rings (SSSR count). The van der Waals surface area contributed by atoms with Crippen LogP contribution in [-0.2, 0) is 102 Å². The van der Waals surface area contributed by atoms with Gasteiger partial charge in [0.2, 0.25) is 17.7 Å². The summed E-state index contributed by atoms with van der Waals surface area (Å²) in [7, 11) is -0.0671. The van der Waals surface area contributed by atoms with Crippen molar-refractivity contribution in [2.75, 3.05) is 122 Å². The van der Waals surface area contributed by atoms with Crippen LogP contribution in [0, 0.1) is 19.3 Å². The Balaban J connectivity index is -0.000000254. The number of Topliss-reactive ketones (excluding diaryl/α,β-unsaturated/α-hetero) is 5. The molecule has 0 bridgehead atoms. The first-order valence-electron chi connectivity index (χ1n) is 35.1. The number of nitrogens with one attached hydrogen (secondary N) is 6. The second-order valence-electron chi connectivity index (χ2n) is 24.2. The van der Waals surface area contributed by atoms with Gasteiger partial charge in [-0.15, -0.1) is 10.2 Å². The Kier molecular flexibility index (Phi) is 103. The van der Waals surface area contributed by atoms with Crippen LogP contribution in [0.3, 0.4) is 0 Å². The predicted molar refractivity (Wildman–Crippen MR) is 433 cm³/mol. The van der Waals surface area contributed by atoms with Crippen molar-refractivity contribution in [3.63, 3.8) is 0 Å². The minimum atomic E-state index is -3.58. The zero-order valence-corrected chi connectivity index (χ0v) is 66.3. The number of carboxylic acid groups (broad SMARTS) is 2. The summed E-state index contributed by atoms with van der Waals surface area (Å²) < 4.78 is 46.2. The molecule has 0 saturated heterocycles. The summed E-state index contributed by atoms with van der Waals surface area (Å²) in [5.41, 5.74) is 5.02. The predicted octanol–water partition coefficient (Wildman–Crippen LogP) is 9.48. The number of sulfone groups is 1. The molecule has 6 atom stereocenters. The van der Waals surface area contributed by atoms with Crippen LogP contribution in [-0.4, -0.2) is 249 Å². The second-order valence-corrected chi connectivity index (χ2v) is 28.3. The first kappa shape index (κ1) is 126. The maximum absolute atomic E-state index is 12.4. The van der Waals surface area contributed by atoms with E-state index in [1.165, 1.54) is 83.4 Å². The van der Waals surface area contributed by atoms with Crippen LogP contribution in [0.15, 0.2) is 0 Å². The van der Waals surface area contributed by atoms with Gasteiger partial charge >= 0.3 is 11.9 Å². The molecule has 0 aliphatic rings. The average Bonchev–Trinajstić information content (AvgIpc) is 1.69. The number of aromatic nitrogens is 4. The normalized spacial score (nSPS) is 11.9. The number of nitrogens with two attached hydrogens (primary N) is 1. The number of H-pyrrole nitrogens is 1. The minimum absolute atomic E-state index is 0. The number of aliphatic carboxylic acids is 2. The Morgan fingerprint density at radius 2 is 1.01 bits per heavy atom. The number of carbonyl (C=O) groups excluding carboxylic acids is 8. The monoisotopic (exact) mass is 1630 g/mol. The van der Waals surface area contributed by atoms with Gasteiger partial charge in [0.1, 0.15) is 53.9 Å². The van der Waals surface area contributed by atoms with Crippen molar-refractivity contribution in [2.24, 2.45) is 17.6 Å². The number of nitrogens with zero attached hydrogens (tertiary/aromatic N) is 3. The number of ketones is 5. The first-order chi connectivity index (χ1) is 47.2. The third-order valence-corrected chi connectivity index (χ3v) is 19.0. The summed E-state index contributed by atoms with van der Waals surface area (Å²) in [6.07, 6.45) is 23.5. The van der Waals surface area contributed by atoms with E-state index >= 15 is 0 Å². The Morgan fingerprint density at radius 1 is 0.561 bits per heavy atom. The number of aromatic amines is 1. The molecule has 637 valence electrons. The zero-order valence-electron chi connectivity index (χ0n) is 62.4. The molecule has 1 aromatic heterocycles. The summed E-state index contributed by atoms with van der Waals surface area (Å²) in [4.78, 5) is 115. The number of rotatable bonds is 63. The van der Waals surface area contributed by atoms with Gasteiger partial charge in [-0.25, -0.2) is 13.2 Å². The number of likely N-dealkylation sites (N-methyl/N-ethyl adjacent to an activating group) is 2. The van der Waals surface area contributed by atoms with Gasteiger partial charge in [-0.1, -0.05) is 167 Å². The van der Waals surface area contributed by atoms with E-state index in [2.05, 4.69) is 47.2 Å². The number of amides is 3. The number of hydrogen-bond donors (Lipinski definition) is 10. The van der Waals surface area contributed by atoms with Crippen molar-refractivity contribution in [2.45, 2.75) is 271 Å². The van der Waals surface area contributed by atoms with Crippen molar-refractivity contribution < 1.29 is 109 Å². The Labute approximate surface area is 667 Å². The van der Waals surface area contributed by atoms with Gasteiger partial charge < -0.3 is 74.0 Å². The molecular weight excluding hydrogens is 1480 g/mol. The first-order valence-corrected chi connectivity index (χ1v) is 39.5. The molecule has 11 N–H and O–H groups in total. The third-order valence-electron chi connectivity index (χ3n) is 15.5. The van der Waals surface area contributed by atoms with E-state index < -0.39 is 45.5 Å². The van der Waals surface area contributed by atoms with Crippen LogP contribution in [0.25, 0.3) is 0 Å². The van der Waals surface area contributed by atoms with Gasteiger partial charge in [-0.2, -0.15) is 28.7 Å². The Hall–Kier alpha value is -4.32.